The van der Waals surface area contributed by atoms with Gasteiger partial charge in [-0.15, -0.1) is 0 Å². The lowest BCUT2D eigenvalue weighted by atomic mass is 9.90. The molecule has 1 aliphatic rings. The minimum atomic E-state index is -3.54. The first-order valence-corrected chi connectivity index (χ1v) is 11.8. The molecule has 0 unspecified atom stereocenters. The third-order valence-corrected chi connectivity index (χ3v) is 7.96. The molecule has 4 heterocycles. The molecule has 10 heteroatoms. The fourth-order valence-electron chi connectivity index (χ4n) is 3.94. The summed E-state index contributed by atoms with van der Waals surface area (Å²) in [5, 5.41) is 7.25. The third-order valence-electron chi connectivity index (χ3n) is 6.10. The number of carbonyl (C=O) groups is 1. The van der Waals surface area contributed by atoms with Crippen molar-refractivity contribution >= 4 is 27.1 Å². The fourth-order valence-corrected chi connectivity index (χ4v) is 5.32. The first-order chi connectivity index (χ1) is 14.6. The number of nitrogens with zero attached hydrogens (tertiary/aromatic N) is 5. The lowest BCUT2D eigenvalue weighted by molar-refractivity contribution is 0.168. The van der Waals surface area contributed by atoms with Crippen LogP contribution < -0.4 is 0 Å². The summed E-state index contributed by atoms with van der Waals surface area (Å²) in [4.78, 5) is 19.5. The maximum Gasteiger partial charge on any atom is 0.330 e. The van der Waals surface area contributed by atoms with Crippen LogP contribution in [-0.2, 0) is 10.0 Å². The van der Waals surface area contributed by atoms with Crippen LogP contribution in [0.5, 0.6) is 0 Å². The molecule has 0 aromatic carbocycles. The molecule has 3 aromatic heterocycles. The minimum absolute atomic E-state index is 0.137. The predicted molar refractivity (Wildman–Crippen MR) is 117 cm³/mol. The number of amides is 1. The van der Waals surface area contributed by atoms with Gasteiger partial charge in [0.1, 0.15) is 10.5 Å². The zero-order valence-electron chi connectivity index (χ0n) is 18.2. The van der Waals surface area contributed by atoms with Crippen LogP contribution in [0.2, 0.25) is 0 Å². The van der Waals surface area contributed by atoms with E-state index in [0.717, 1.165) is 10.9 Å². The van der Waals surface area contributed by atoms with E-state index < -0.39 is 10.0 Å². The van der Waals surface area contributed by atoms with Gasteiger partial charge < -0.3 is 4.90 Å². The zero-order valence-corrected chi connectivity index (χ0v) is 19.1. The highest BCUT2D eigenvalue weighted by Crippen LogP contribution is 2.35. The molecule has 0 aliphatic carbocycles. The molecule has 9 nitrogen and oxygen atoms in total. The highest BCUT2D eigenvalue weighted by molar-refractivity contribution is 7.89. The molecule has 0 spiro atoms. The molecule has 1 saturated heterocycles. The number of H-pyrrole nitrogens is 1. The van der Waals surface area contributed by atoms with Gasteiger partial charge in [0.05, 0.1) is 6.20 Å². The van der Waals surface area contributed by atoms with Crippen molar-refractivity contribution in [3.8, 4) is 0 Å². The molecule has 166 valence electrons. The van der Waals surface area contributed by atoms with Crippen LogP contribution in [-0.4, -0.2) is 69.1 Å². The average molecular weight is 445 g/mol. The summed E-state index contributed by atoms with van der Waals surface area (Å²) in [5.74, 6) is 0.150. The van der Waals surface area contributed by atoms with Gasteiger partial charge in [-0.05, 0) is 57.2 Å². The molecule has 1 fully saturated rings. The quantitative estimate of drug-likeness (QED) is 0.669. The van der Waals surface area contributed by atoms with Crippen molar-refractivity contribution in [1.82, 2.24) is 29.0 Å². The number of rotatable bonds is 3. The maximum absolute atomic E-state index is 13.2. The van der Waals surface area contributed by atoms with E-state index in [1.807, 2.05) is 39.1 Å². The Hall–Kier alpha value is -2.72. The van der Waals surface area contributed by atoms with E-state index in [9.17, 15) is 13.2 Å². The summed E-state index contributed by atoms with van der Waals surface area (Å²) in [6.07, 6.45) is 7.65. The summed E-state index contributed by atoms with van der Waals surface area (Å²) >= 11 is 0. The van der Waals surface area contributed by atoms with E-state index in [0.29, 0.717) is 31.6 Å². The van der Waals surface area contributed by atoms with E-state index in [-0.39, 0.29) is 22.4 Å². The van der Waals surface area contributed by atoms with E-state index in [1.54, 1.807) is 22.7 Å². The topological polar surface area (TPSA) is 104 Å². The van der Waals surface area contributed by atoms with Gasteiger partial charge in [0.2, 0.25) is 10.0 Å². The molecule has 0 bridgehead atoms. The second-order valence-corrected chi connectivity index (χ2v) is 10.9. The van der Waals surface area contributed by atoms with Crippen LogP contribution in [0.3, 0.4) is 0 Å². The van der Waals surface area contributed by atoms with Gasteiger partial charge in [-0.3, -0.25) is 9.67 Å². The molecule has 3 aromatic rings. The Balaban J connectivity index is 1.61. The van der Waals surface area contributed by atoms with E-state index in [4.69, 9.17) is 0 Å². The number of aromatic amines is 1. The van der Waals surface area contributed by atoms with Gasteiger partial charge in [-0.25, -0.2) is 18.2 Å². The number of carbonyl (C=O) groups excluding carboxylic acids is 1. The number of fused-ring (bicyclic) bond motifs is 1. The summed E-state index contributed by atoms with van der Waals surface area (Å²) in [6.45, 7) is 6.80. The van der Waals surface area contributed by atoms with Crippen molar-refractivity contribution in [2.75, 3.05) is 20.1 Å². The molecule has 31 heavy (non-hydrogen) atoms. The highest BCUT2D eigenvalue weighted by atomic mass is 32.2. The maximum atomic E-state index is 13.2. The van der Waals surface area contributed by atoms with Gasteiger partial charge in [-0.2, -0.15) is 9.40 Å². The smallest absolute Gasteiger partial charge is 0.322 e. The Bertz CT molecular complexity index is 1190. The Kier molecular flexibility index (Phi) is 5.38. The summed E-state index contributed by atoms with van der Waals surface area (Å²) in [5.41, 5.74) is 1.35. The van der Waals surface area contributed by atoms with Crippen molar-refractivity contribution < 1.29 is 13.2 Å². The number of aromatic nitrogens is 4. The molecule has 1 N–H and O–H groups in total. The van der Waals surface area contributed by atoms with Crippen molar-refractivity contribution in [2.45, 2.75) is 50.0 Å². The van der Waals surface area contributed by atoms with Gasteiger partial charge in [0.25, 0.3) is 0 Å². The monoisotopic (exact) mass is 444 g/mol. The number of piperidine rings is 1. The number of nitrogens with one attached hydrogen (secondary N) is 1. The lowest BCUT2D eigenvalue weighted by Gasteiger charge is -2.32. The second kappa shape index (κ2) is 7.76. The first-order valence-electron chi connectivity index (χ1n) is 10.3. The Morgan fingerprint density at radius 1 is 1.26 bits per heavy atom. The van der Waals surface area contributed by atoms with E-state index >= 15 is 0 Å². The molecule has 0 radical (unpaired) electrons. The number of sulfonamides is 1. The molecular formula is C21H28N6O3S. The zero-order chi connectivity index (χ0) is 22.4. The van der Waals surface area contributed by atoms with Crippen molar-refractivity contribution in [3.05, 3.63) is 42.5 Å². The largest absolute Gasteiger partial charge is 0.330 e. The van der Waals surface area contributed by atoms with Crippen molar-refractivity contribution in [3.63, 3.8) is 0 Å². The molecular weight excluding hydrogens is 416 g/mol. The summed E-state index contributed by atoms with van der Waals surface area (Å²) in [6, 6.07) is 3.71. The fraction of sp³-hybridized carbons (Fsp3) is 0.476. The van der Waals surface area contributed by atoms with Crippen LogP contribution in [0.1, 0.15) is 45.1 Å². The summed E-state index contributed by atoms with van der Waals surface area (Å²) in [7, 11) is -1.75. The minimum Gasteiger partial charge on any atom is -0.322 e. The molecule has 0 saturated carbocycles. The van der Waals surface area contributed by atoms with Gasteiger partial charge in [0.15, 0.2) is 0 Å². The highest BCUT2D eigenvalue weighted by Gasteiger charge is 2.33. The second-order valence-electron chi connectivity index (χ2n) is 8.95. The van der Waals surface area contributed by atoms with E-state index in [1.165, 1.54) is 16.7 Å². The van der Waals surface area contributed by atoms with Crippen LogP contribution in [0.15, 0.2) is 41.8 Å². The van der Waals surface area contributed by atoms with Gasteiger partial charge >= 0.3 is 6.03 Å². The number of hydrogen-bond donors (Lipinski definition) is 1. The number of pyridine rings is 1. The van der Waals surface area contributed by atoms with Gasteiger partial charge in [0, 0.05) is 49.7 Å². The third kappa shape index (κ3) is 3.85. The van der Waals surface area contributed by atoms with Crippen molar-refractivity contribution in [1.29, 1.82) is 0 Å². The van der Waals surface area contributed by atoms with Crippen LogP contribution >= 0.6 is 0 Å². The summed E-state index contributed by atoms with van der Waals surface area (Å²) < 4.78 is 28.7. The van der Waals surface area contributed by atoms with Crippen LogP contribution in [0, 0.1) is 0 Å². The standard InChI is InChI=1S/C21H28N6O3S/c1-21(2,3)25(4)20(28)27-14-18(17-6-5-9-22-19(17)27)15-7-10-26(11-8-15)31(29,30)16-12-23-24-13-16/h5-6,9,12-15H,7-8,10-11H2,1-4H3,(H,23,24). The Morgan fingerprint density at radius 3 is 2.58 bits per heavy atom. The normalized spacial score (nSPS) is 16.6. The first kappa shape index (κ1) is 21.5. The number of hydrogen-bond acceptors (Lipinski definition) is 5. The molecule has 1 aliphatic heterocycles. The molecule has 0 atom stereocenters. The lowest BCUT2D eigenvalue weighted by Crippen LogP contribution is -2.44. The van der Waals surface area contributed by atoms with Gasteiger partial charge in [-0.1, -0.05) is 0 Å². The molecule has 1 amide bonds. The van der Waals surface area contributed by atoms with Crippen molar-refractivity contribution in [2.24, 2.45) is 0 Å². The predicted octanol–water partition coefficient (Wildman–Crippen LogP) is 3.03. The Morgan fingerprint density at radius 2 is 1.97 bits per heavy atom. The average Bonchev–Trinajstić information content (AvgIpc) is 3.41. The molecule has 4 rings (SSSR count). The SMILES string of the molecule is CN(C(=O)n1cc(C2CCN(S(=O)(=O)c3cn[nH]c3)CC2)c2cccnc21)C(C)(C)C. The van der Waals surface area contributed by atoms with Crippen LogP contribution in [0.4, 0.5) is 4.79 Å². The van der Waals surface area contributed by atoms with E-state index in [2.05, 4.69) is 15.2 Å². The van der Waals surface area contributed by atoms with Crippen LogP contribution in [0.25, 0.3) is 11.0 Å². The Labute approximate surface area is 182 Å².